The van der Waals surface area contributed by atoms with Crippen LogP contribution in [0, 0.1) is 0 Å². The minimum atomic E-state index is -0.182. The molecule has 0 radical (unpaired) electrons. The van der Waals surface area contributed by atoms with Crippen molar-refractivity contribution in [2.45, 2.75) is 6.04 Å². The Morgan fingerprint density at radius 2 is 1.91 bits per heavy atom. The van der Waals surface area contributed by atoms with Crippen molar-refractivity contribution < 1.29 is 5.11 Å². The average molecular weight is 312 g/mol. The molecule has 0 spiro atoms. The van der Waals surface area contributed by atoms with Gasteiger partial charge in [0.2, 0.25) is 0 Å². The Bertz CT molecular complexity index is 813. The first kappa shape index (κ1) is 13.4. The molecule has 1 aromatic carbocycles. The van der Waals surface area contributed by atoms with E-state index in [2.05, 4.69) is 14.5 Å². The molecule has 0 saturated carbocycles. The third kappa shape index (κ3) is 1.92. The van der Waals surface area contributed by atoms with Crippen LogP contribution in [-0.4, -0.2) is 21.3 Å². The minimum Gasteiger partial charge on any atom is -0.394 e. The van der Waals surface area contributed by atoms with E-state index in [1.54, 1.807) is 6.20 Å². The molecule has 1 atom stereocenters. The van der Waals surface area contributed by atoms with Crippen LogP contribution >= 0.6 is 11.6 Å². The summed E-state index contributed by atoms with van der Waals surface area (Å²) < 4.78 is 2.08. The second-order valence-electron chi connectivity index (χ2n) is 5.19. The molecule has 110 valence electrons. The Morgan fingerprint density at radius 3 is 2.68 bits per heavy atom. The second-order valence-corrected chi connectivity index (χ2v) is 5.63. The summed E-state index contributed by atoms with van der Waals surface area (Å²) in [5, 5.41) is 10.6. The van der Waals surface area contributed by atoms with Gasteiger partial charge in [0.05, 0.1) is 18.3 Å². The summed E-state index contributed by atoms with van der Waals surface area (Å²) in [6.07, 6.45) is 3.77. The van der Waals surface area contributed by atoms with Gasteiger partial charge in [-0.2, -0.15) is 0 Å². The lowest BCUT2D eigenvalue weighted by Gasteiger charge is -2.37. The topological polar surface area (TPSA) is 41.3 Å². The number of hydrogen-bond acceptors (Lipinski definition) is 3. The fourth-order valence-electron chi connectivity index (χ4n) is 3.01. The van der Waals surface area contributed by atoms with Crippen molar-refractivity contribution >= 4 is 23.1 Å². The van der Waals surface area contributed by atoms with Gasteiger partial charge in [0, 0.05) is 28.8 Å². The fourth-order valence-corrected chi connectivity index (χ4v) is 3.13. The molecule has 5 heteroatoms. The van der Waals surface area contributed by atoms with Gasteiger partial charge >= 0.3 is 0 Å². The van der Waals surface area contributed by atoms with Gasteiger partial charge in [-0.05, 0) is 48.5 Å². The fraction of sp³-hybridized carbons (Fsp3) is 0.118. The Balaban J connectivity index is 1.95. The largest absolute Gasteiger partial charge is 0.394 e. The summed E-state index contributed by atoms with van der Waals surface area (Å²) >= 11 is 6.00. The van der Waals surface area contributed by atoms with Crippen LogP contribution in [0.4, 0.5) is 11.5 Å². The molecule has 4 nitrogen and oxygen atoms in total. The number of halogens is 1. The number of rotatable bonds is 2. The number of pyridine rings is 1. The lowest BCUT2D eigenvalue weighted by molar-refractivity contribution is 0.261. The molecule has 22 heavy (non-hydrogen) atoms. The van der Waals surface area contributed by atoms with Crippen LogP contribution in [0.25, 0.3) is 5.69 Å². The molecule has 1 N–H and O–H groups in total. The van der Waals surface area contributed by atoms with Crippen molar-refractivity contribution in [1.82, 2.24) is 9.55 Å². The number of aliphatic hydroxyl groups excluding tert-OH is 1. The molecule has 1 aliphatic heterocycles. The van der Waals surface area contributed by atoms with E-state index in [1.807, 2.05) is 54.7 Å². The van der Waals surface area contributed by atoms with Crippen molar-refractivity contribution in [3.05, 3.63) is 71.6 Å². The Labute approximate surface area is 133 Å². The van der Waals surface area contributed by atoms with Crippen molar-refractivity contribution in [2.24, 2.45) is 0 Å². The molecular formula is C17H14ClN3O. The van der Waals surface area contributed by atoms with E-state index < -0.39 is 0 Å². The van der Waals surface area contributed by atoms with Crippen LogP contribution in [0.5, 0.6) is 0 Å². The highest BCUT2D eigenvalue weighted by Gasteiger charge is 2.32. The molecule has 0 aliphatic carbocycles. The van der Waals surface area contributed by atoms with Crippen molar-refractivity contribution in [3.63, 3.8) is 0 Å². The second kappa shape index (κ2) is 5.16. The van der Waals surface area contributed by atoms with E-state index in [-0.39, 0.29) is 12.6 Å². The van der Waals surface area contributed by atoms with Crippen molar-refractivity contribution in [3.8, 4) is 5.69 Å². The predicted octanol–water partition coefficient (Wildman–Crippen LogP) is 3.71. The van der Waals surface area contributed by atoms with E-state index >= 15 is 0 Å². The molecule has 2 aromatic heterocycles. The molecule has 0 fully saturated rings. The van der Waals surface area contributed by atoms with Crippen LogP contribution in [0.3, 0.4) is 0 Å². The molecule has 0 saturated heterocycles. The monoisotopic (exact) mass is 311 g/mol. The van der Waals surface area contributed by atoms with E-state index in [0.29, 0.717) is 5.02 Å². The number of hydrogen-bond donors (Lipinski definition) is 1. The first-order chi connectivity index (χ1) is 10.8. The molecule has 4 rings (SSSR count). The molecule has 1 aliphatic rings. The SMILES string of the molecule is OCC1c2cccn2-c2cccnc2N1c1ccc(Cl)cc1. The van der Waals surface area contributed by atoms with E-state index in [9.17, 15) is 5.11 Å². The number of aliphatic hydroxyl groups is 1. The van der Waals surface area contributed by atoms with E-state index in [0.717, 1.165) is 22.9 Å². The molecule has 0 bridgehead atoms. The Kier molecular flexibility index (Phi) is 3.13. The van der Waals surface area contributed by atoms with Gasteiger partial charge in [0.25, 0.3) is 0 Å². The summed E-state index contributed by atoms with van der Waals surface area (Å²) in [6.45, 7) is 0.00263. The maximum atomic E-state index is 9.96. The zero-order valence-electron chi connectivity index (χ0n) is 11.7. The third-order valence-electron chi connectivity index (χ3n) is 3.96. The zero-order chi connectivity index (χ0) is 15.1. The highest BCUT2D eigenvalue weighted by Crippen LogP contribution is 2.42. The maximum absolute atomic E-state index is 9.96. The van der Waals surface area contributed by atoms with E-state index in [1.165, 1.54) is 0 Å². The van der Waals surface area contributed by atoms with Gasteiger partial charge in [0.15, 0.2) is 5.82 Å². The predicted molar refractivity (Wildman–Crippen MR) is 87.0 cm³/mol. The van der Waals surface area contributed by atoms with Gasteiger partial charge < -0.3 is 14.6 Å². The number of nitrogens with zero attached hydrogens (tertiary/aromatic N) is 3. The average Bonchev–Trinajstić information content (AvgIpc) is 3.04. The first-order valence-electron chi connectivity index (χ1n) is 7.08. The van der Waals surface area contributed by atoms with Crippen LogP contribution in [0.2, 0.25) is 5.02 Å². The number of benzene rings is 1. The molecule has 3 aromatic rings. The van der Waals surface area contributed by atoms with Crippen molar-refractivity contribution in [2.75, 3.05) is 11.5 Å². The van der Waals surface area contributed by atoms with E-state index in [4.69, 9.17) is 11.6 Å². The van der Waals surface area contributed by atoms with Gasteiger partial charge in [-0.1, -0.05) is 11.6 Å². The lowest BCUT2D eigenvalue weighted by atomic mass is 10.1. The van der Waals surface area contributed by atoms with Crippen LogP contribution < -0.4 is 4.90 Å². The normalized spacial score (nSPS) is 16.3. The summed E-state index contributed by atoms with van der Waals surface area (Å²) in [6, 6.07) is 15.4. The minimum absolute atomic E-state index is 0.00263. The number of fused-ring (bicyclic) bond motifs is 3. The quantitative estimate of drug-likeness (QED) is 0.784. The Morgan fingerprint density at radius 1 is 1.09 bits per heavy atom. The highest BCUT2D eigenvalue weighted by molar-refractivity contribution is 6.30. The van der Waals surface area contributed by atoms with Crippen LogP contribution in [-0.2, 0) is 0 Å². The highest BCUT2D eigenvalue weighted by atomic mass is 35.5. The third-order valence-corrected chi connectivity index (χ3v) is 4.22. The summed E-state index contributed by atoms with van der Waals surface area (Å²) in [7, 11) is 0. The lowest BCUT2D eigenvalue weighted by Crippen LogP contribution is -2.33. The van der Waals surface area contributed by atoms with Crippen LogP contribution in [0.15, 0.2) is 60.9 Å². The molecule has 3 heterocycles. The summed E-state index contributed by atoms with van der Waals surface area (Å²) in [5.74, 6) is 0.826. The first-order valence-corrected chi connectivity index (χ1v) is 7.45. The van der Waals surface area contributed by atoms with Gasteiger partial charge in [-0.25, -0.2) is 4.98 Å². The van der Waals surface area contributed by atoms with Gasteiger partial charge in [-0.15, -0.1) is 0 Å². The van der Waals surface area contributed by atoms with Gasteiger partial charge in [-0.3, -0.25) is 0 Å². The summed E-state index contributed by atoms with van der Waals surface area (Å²) in [5.41, 5.74) is 3.00. The van der Waals surface area contributed by atoms with Crippen molar-refractivity contribution in [1.29, 1.82) is 0 Å². The molecule has 1 unspecified atom stereocenters. The van der Waals surface area contributed by atoms with Crippen LogP contribution in [0.1, 0.15) is 11.7 Å². The molecule has 0 amide bonds. The smallest absolute Gasteiger partial charge is 0.158 e. The van der Waals surface area contributed by atoms with Gasteiger partial charge in [0.1, 0.15) is 0 Å². The standard InChI is InChI=1S/C17H14ClN3O/c18-12-5-7-13(8-6-12)21-16(11-22)14-4-2-10-20(14)15-3-1-9-19-17(15)21/h1-10,16,22H,11H2. The maximum Gasteiger partial charge on any atom is 0.158 e. The number of aromatic nitrogens is 2. The zero-order valence-corrected chi connectivity index (χ0v) is 12.5. The molecular weight excluding hydrogens is 298 g/mol. The number of anilines is 2. The summed E-state index contributed by atoms with van der Waals surface area (Å²) in [4.78, 5) is 6.59. The Hall–Kier alpha value is -2.30.